The number of rotatable bonds is 4. The van der Waals surface area contributed by atoms with E-state index in [-0.39, 0.29) is 12.6 Å². The van der Waals surface area contributed by atoms with E-state index in [0.29, 0.717) is 5.69 Å². The molecule has 6 nitrogen and oxygen atoms in total. The van der Waals surface area contributed by atoms with E-state index >= 15 is 0 Å². The van der Waals surface area contributed by atoms with E-state index in [9.17, 15) is 9.59 Å². The lowest BCUT2D eigenvalue weighted by Crippen LogP contribution is -2.42. The maximum Gasteiger partial charge on any atom is 0.316 e. The molecule has 2 aliphatic rings. The van der Waals surface area contributed by atoms with Gasteiger partial charge in [-0.3, -0.25) is 9.59 Å². The van der Waals surface area contributed by atoms with Crippen LogP contribution in [0.25, 0.3) is 11.3 Å². The fraction of sp³-hybridized carbons (Fsp3) is 0.440. The van der Waals surface area contributed by atoms with E-state index in [4.69, 9.17) is 0 Å². The molecule has 2 fully saturated rings. The molecule has 31 heavy (non-hydrogen) atoms. The molecule has 3 aromatic rings. The highest BCUT2D eigenvalue weighted by Crippen LogP contribution is 2.55. The maximum atomic E-state index is 12.5. The monoisotopic (exact) mass is 420 g/mol. The van der Waals surface area contributed by atoms with Crippen LogP contribution < -0.4 is 11.1 Å². The van der Waals surface area contributed by atoms with Crippen molar-refractivity contribution in [2.75, 3.05) is 0 Å². The molecular formula is C25H32N4O2. The van der Waals surface area contributed by atoms with Crippen molar-refractivity contribution in [3.63, 3.8) is 0 Å². The molecule has 164 valence electrons. The van der Waals surface area contributed by atoms with Crippen molar-refractivity contribution in [3.8, 4) is 11.3 Å². The lowest BCUT2D eigenvalue weighted by atomic mass is 10.1. The van der Waals surface area contributed by atoms with Crippen LogP contribution in [0, 0.1) is 11.8 Å². The van der Waals surface area contributed by atoms with Gasteiger partial charge in [-0.1, -0.05) is 58.0 Å². The van der Waals surface area contributed by atoms with Crippen LogP contribution in [0.3, 0.4) is 0 Å². The smallest absolute Gasteiger partial charge is 0.306 e. The Bertz CT molecular complexity index is 1080. The summed E-state index contributed by atoms with van der Waals surface area (Å²) in [6, 6.07) is 13.7. The minimum atomic E-state index is -0.494. The summed E-state index contributed by atoms with van der Waals surface area (Å²) in [5, 5.41) is 8.46. The molecule has 0 spiro atoms. The summed E-state index contributed by atoms with van der Waals surface area (Å²) in [5.74, 6) is 1.53. The number of nitrogens with zero attached hydrogens (tertiary/aromatic N) is 4. The van der Waals surface area contributed by atoms with Crippen LogP contribution in [0.15, 0.2) is 64.4 Å². The second-order valence-electron chi connectivity index (χ2n) is 7.60. The standard InChI is InChI=1S/C21H20N4O2.2C2H6/c26-20-21(27)25(18-11-15-10-16(15)12-18)9-8-24(20)13-17-6-7-19(23-22-17)14-4-2-1-3-5-14;2*1-2/h1-9,15-16,18H,10-13H2;2*1-2H3. The zero-order valence-electron chi connectivity index (χ0n) is 18.9. The van der Waals surface area contributed by atoms with E-state index < -0.39 is 11.1 Å². The van der Waals surface area contributed by atoms with E-state index in [2.05, 4.69) is 10.2 Å². The van der Waals surface area contributed by atoms with Crippen molar-refractivity contribution in [1.29, 1.82) is 0 Å². The summed E-state index contributed by atoms with van der Waals surface area (Å²) in [6.07, 6.45) is 6.80. The van der Waals surface area contributed by atoms with E-state index in [1.165, 1.54) is 11.0 Å². The third-order valence-electron chi connectivity index (χ3n) is 5.82. The van der Waals surface area contributed by atoms with Crippen LogP contribution in [-0.4, -0.2) is 19.3 Å². The summed E-state index contributed by atoms with van der Waals surface area (Å²) in [6.45, 7) is 8.24. The first-order valence-corrected chi connectivity index (χ1v) is 11.4. The highest BCUT2D eigenvalue weighted by atomic mass is 16.2. The van der Waals surface area contributed by atoms with Crippen LogP contribution in [-0.2, 0) is 6.54 Å². The summed E-state index contributed by atoms with van der Waals surface area (Å²) in [5.41, 5.74) is 1.49. The van der Waals surface area contributed by atoms with Crippen LogP contribution in [0.5, 0.6) is 0 Å². The predicted molar refractivity (Wildman–Crippen MR) is 124 cm³/mol. The lowest BCUT2D eigenvalue weighted by Gasteiger charge is -2.16. The summed E-state index contributed by atoms with van der Waals surface area (Å²) in [7, 11) is 0. The molecule has 0 N–H and O–H groups in total. The van der Waals surface area contributed by atoms with Gasteiger partial charge in [-0.2, -0.15) is 10.2 Å². The third-order valence-corrected chi connectivity index (χ3v) is 5.82. The molecule has 0 bridgehead atoms. The highest BCUT2D eigenvalue weighted by molar-refractivity contribution is 5.57. The molecule has 1 aromatic carbocycles. The van der Waals surface area contributed by atoms with Crippen LogP contribution >= 0.6 is 0 Å². The Hall–Kier alpha value is -3.02. The minimum absolute atomic E-state index is 0.188. The van der Waals surface area contributed by atoms with Crippen LogP contribution in [0.1, 0.15) is 58.7 Å². The first kappa shape index (κ1) is 22.7. The third kappa shape index (κ3) is 5.01. The average Bonchev–Trinajstić information content (AvgIpc) is 3.45. The minimum Gasteiger partial charge on any atom is -0.306 e. The fourth-order valence-corrected chi connectivity index (χ4v) is 4.22. The molecule has 2 saturated carbocycles. The largest absolute Gasteiger partial charge is 0.316 e. The molecular weight excluding hydrogens is 388 g/mol. The van der Waals surface area contributed by atoms with Crippen molar-refractivity contribution in [2.24, 2.45) is 11.8 Å². The Kier molecular flexibility index (Phi) is 7.55. The van der Waals surface area contributed by atoms with Crippen molar-refractivity contribution in [1.82, 2.24) is 19.3 Å². The summed E-state index contributed by atoms with van der Waals surface area (Å²) in [4.78, 5) is 25.0. The number of benzene rings is 1. The summed E-state index contributed by atoms with van der Waals surface area (Å²) >= 11 is 0. The summed E-state index contributed by atoms with van der Waals surface area (Å²) < 4.78 is 3.05. The van der Waals surface area contributed by atoms with Gasteiger partial charge < -0.3 is 9.13 Å². The molecule has 5 rings (SSSR count). The van der Waals surface area contributed by atoms with Gasteiger partial charge in [0.05, 0.1) is 17.9 Å². The van der Waals surface area contributed by atoms with Gasteiger partial charge in [0, 0.05) is 24.0 Å². The van der Waals surface area contributed by atoms with Gasteiger partial charge in [0.2, 0.25) is 0 Å². The predicted octanol–water partition coefficient (Wildman–Crippen LogP) is 4.54. The molecule has 2 heterocycles. The van der Waals surface area contributed by atoms with Crippen molar-refractivity contribution >= 4 is 0 Å². The van der Waals surface area contributed by atoms with Gasteiger partial charge in [0.15, 0.2) is 0 Å². The fourth-order valence-electron chi connectivity index (χ4n) is 4.22. The van der Waals surface area contributed by atoms with Gasteiger partial charge in [-0.05, 0) is 43.2 Å². The van der Waals surface area contributed by atoms with Gasteiger partial charge in [0.1, 0.15) is 0 Å². The van der Waals surface area contributed by atoms with E-state index in [0.717, 1.165) is 35.9 Å². The maximum absolute atomic E-state index is 12.5. The average molecular weight is 421 g/mol. The molecule has 0 radical (unpaired) electrons. The van der Waals surface area contributed by atoms with Crippen molar-refractivity contribution < 1.29 is 0 Å². The number of fused-ring (bicyclic) bond motifs is 1. The van der Waals surface area contributed by atoms with Crippen molar-refractivity contribution in [3.05, 3.63) is 81.3 Å². The Morgan fingerprint density at radius 3 is 2.10 bits per heavy atom. The van der Waals surface area contributed by atoms with Gasteiger partial charge in [-0.25, -0.2) is 0 Å². The van der Waals surface area contributed by atoms with Crippen molar-refractivity contribution in [2.45, 2.75) is 59.5 Å². The second-order valence-corrected chi connectivity index (χ2v) is 7.60. The molecule has 0 saturated heterocycles. The number of aromatic nitrogens is 4. The zero-order chi connectivity index (χ0) is 22.4. The lowest BCUT2D eigenvalue weighted by molar-refractivity contribution is 0.445. The van der Waals surface area contributed by atoms with Crippen LogP contribution in [0.4, 0.5) is 0 Å². The Morgan fingerprint density at radius 2 is 1.48 bits per heavy atom. The molecule has 2 aromatic heterocycles. The SMILES string of the molecule is CC.CC.O=c1c(=O)n(C2CC3CC3C2)ccn1Cc1ccc(-c2ccccc2)nn1. The molecule has 2 unspecified atom stereocenters. The van der Waals surface area contributed by atoms with E-state index in [1.807, 2.05) is 70.2 Å². The quantitative estimate of drug-likeness (QED) is 0.581. The zero-order valence-corrected chi connectivity index (χ0v) is 18.9. The Labute approximate surface area is 183 Å². The first-order chi connectivity index (χ1) is 15.2. The van der Waals surface area contributed by atoms with Gasteiger partial charge >= 0.3 is 11.1 Å². The number of hydrogen-bond acceptors (Lipinski definition) is 4. The Balaban J connectivity index is 0.000000645. The first-order valence-electron chi connectivity index (χ1n) is 11.4. The Morgan fingerprint density at radius 1 is 0.806 bits per heavy atom. The molecule has 2 aliphatic carbocycles. The molecule has 0 amide bonds. The number of hydrogen-bond donors (Lipinski definition) is 0. The van der Waals surface area contributed by atoms with Gasteiger partial charge in [-0.15, -0.1) is 0 Å². The second kappa shape index (κ2) is 10.3. The van der Waals surface area contributed by atoms with Gasteiger partial charge in [0.25, 0.3) is 0 Å². The molecule has 2 atom stereocenters. The molecule has 6 heteroatoms. The molecule has 0 aliphatic heterocycles. The van der Waals surface area contributed by atoms with E-state index in [1.54, 1.807) is 17.0 Å². The highest BCUT2D eigenvalue weighted by Gasteiger charge is 2.46. The topological polar surface area (TPSA) is 69.8 Å². The van der Waals surface area contributed by atoms with Crippen LogP contribution in [0.2, 0.25) is 0 Å². The normalized spacial score (nSPS) is 20.6.